The number of aromatic nitrogens is 1. The van der Waals surface area contributed by atoms with Crippen molar-refractivity contribution in [2.24, 2.45) is 11.8 Å². The van der Waals surface area contributed by atoms with Crippen LogP contribution in [-0.2, 0) is 17.6 Å². The number of halogens is 1. The van der Waals surface area contributed by atoms with E-state index in [1.807, 2.05) is 23.5 Å². The first kappa shape index (κ1) is 30.4. The largest absolute Gasteiger partial charge is 0.480 e. The standard InChI is InChI=1S/C36H46FN3O2S/c1-2-32-35(43-33(38-32)21-25-13-15-30(37)16-14-25)28-17-19-39(20-18-28)22-29-23-40(24-31(29)26-9-5-3-6-10-26)34(36(41)42)27-11-7-4-8-12-27/h3,5-6,9-10,13-16,27-29,31,34H,2,4,7-8,11-12,17-24H2,1H3,(H,41,42). The average molecular weight is 604 g/mol. The Kier molecular flexibility index (Phi) is 9.90. The molecule has 3 heterocycles. The number of likely N-dealkylation sites (tertiary alicyclic amines) is 2. The molecule has 6 rings (SSSR count). The van der Waals surface area contributed by atoms with Crippen molar-refractivity contribution in [2.75, 3.05) is 32.7 Å². The van der Waals surface area contributed by atoms with Crippen molar-refractivity contribution in [3.8, 4) is 0 Å². The van der Waals surface area contributed by atoms with Crippen molar-refractivity contribution in [3.05, 3.63) is 87.1 Å². The lowest BCUT2D eigenvalue weighted by molar-refractivity contribution is -0.145. The molecule has 3 aromatic rings. The molecule has 0 bridgehead atoms. The first-order valence-corrected chi connectivity index (χ1v) is 17.3. The van der Waals surface area contributed by atoms with Crippen LogP contribution in [0.5, 0.6) is 0 Å². The number of aryl methyl sites for hydroxylation is 1. The molecule has 3 fully saturated rings. The first-order valence-electron chi connectivity index (χ1n) is 16.5. The molecule has 2 aromatic carbocycles. The van der Waals surface area contributed by atoms with Crippen molar-refractivity contribution in [1.82, 2.24) is 14.8 Å². The van der Waals surface area contributed by atoms with Crippen LogP contribution in [0.4, 0.5) is 4.39 Å². The molecule has 43 heavy (non-hydrogen) atoms. The molecule has 3 aliphatic rings. The van der Waals surface area contributed by atoms with Gasteiger partial charge in [0.05, 0.1) is 10.7 Å². The molecule has 0 radical (unpaired) electrons. The maximum absolute atomic E-state index is 13.4. The van der Waals surface area contributed by atoms with E-state index in [0.29, 0.717) is 17.8 Å². The third-order valence-corrected chi connectivity index (χ3v) is 11.5. The number of hydrogen-bond donors (Lipinski definition) is 1. The molecule has 1 aliphatic carbocycles. The highest BCUT2D eigenvalue weighted by Crippen LogP contribution is 2.40. The van der Waals surface area contributed by atoms with Crippen molar-refractivity contribution >= 4 is 17.3 Å². The van der Waals surface area contributed by atoms with Gasteiger partial charge in [-0.2, -0.15) is 0 Å². The van der Waals surface area contributed by atoms with E-state index in [4.69, 9.17) is 4.98 Å². The van der Waals surface area contributed by atoms with Gasteiger partial charge in [-0.05, 0) is 86.2 Å². The normalized spacial score (nSPS) is 23.5. The zero-order chi connectivity index (χ0) is 29.8. The maximum atomic E-state index is 13.4. The van der Waals surface area contributed by atoms with Gasteiger partial charge >= 0.3 is 5.97 Å². The van der Waals surface area contributed by atoms with Gasteiger partial charge in [0, 0.05) is 36.9 Å². The Bertz CT molecular complexity index is 1330. The summed E-state index contributed by atoms with van der Waals surface area (Å²) in [5, 5.41) is 11.5. The second kappa shape index (κ2) is 14.0. The number of carbonyl (C=O) groups is 1. The maximum Gasteiger partial charge on any atom is 0.321 e. The molecule has 1 N–H and O–H groups in total. The quantitative estimate of drug-likeness (QED) is 0.262. The van der Waals surface area contributed by atoms with E-state index in [1.54, 1.807) is 0 Å². The Hall–Kier alpha value is -2.61. The van der Waals surface area contributed by atoms with Gasteiger partial charge in [-0.1, -0.05) is 68.7 Å². The van der Waals surface area contributed by atoms with Crippen LogP contribution in [0.3, 0.4) is 0 Å². The van der Waals surface area contributed by atoms with E-state index in [1.165, 1.54) is 34.7 Å². The van der Waals surface area contributed by atoms with Crippen molar-refractivity contribution in [3.63, 3.8) is 0 Å². The molecule has 1 saturated carbocycles. The molecule has 0 amide bonds. The monoisotopic (exact) mass is 603 g/mol. The molecule has 2 aliphatic heterocycles. The van der Waals surface area contributed by atoms with Gasteiger partial charge in [0.15, 0.2) is 0 Å². The van der Waals surface area contributed by atoms with Gasteiger partial charge in [-0.15, -0.1) is 11.3 Å². The highest BCUT2D eigenvalue weighted by Gasteiger charge is 2.43. The lowest BCUT2D eigenvalue weighted by Gasteiger charge is -2.35. The Morgan fingerprint density at radius 1 is 1.00 bits per heavy atom. The van der Waals surface area contributed by atoms with Crippen molar-refractivity contribution < 1.29 is 14.3 Å². The van der Waals surface area contributed by atoms with E-state index in [9.17, 15) is 14.3 Å². The van der Waals surface area contributed by atoms with Crippen LogP contribution in [0.15, 0.2) is 54.6 Å². The minimum absolute atomic E-state index is 0.198. The summed E-state index contributed by atoms with van der Waals surface area (Å²) in [5.41, 5.74) is 3.69. The zero-order valence-corrected chi connectivity index (χ0v) is 26.3. The van der Waals surface area contributed by atoms with Crippen LogP contribution in [0.25, 0.3) is 0 Å². The summed E-state index contributed by atoms with van der Waals surface area (Å²) in [5.74, 6) is 0.787. The molecule has 1 aromatic heterocycles. The number of rotatable bonds is 10. The smallest absolute Gasteiger partial charge is 0.321 e. The predicted molar refractivity (Wildman–Crippen MR) is 171 cm³/mol. The Labute approximate surface area is 260 Å². The molecule has 5 nitrogen and oxygen atoms in total. The number of thiazole rings is 1. The van der Waals surface area contributed by atoms with Crippen LogP contribution >= 0.6 is 11.3 Å². The van der Waals surface area contributed by atoms with Crippen LogP contribution in [0, 0.1) is 17.7 Å². The van der Waals surface area contributed by atoms with E-state index in [2.05, 4.69) is 47.1 Å². The summed E-state index contributed by atoms with van der Waals surface area (Å²) >= 11 is 1.86. The van der Waals surface area contributed by atoms with Gasteiger partial charge in [0.2, 0.25) is 0 Å². The SMILES string of the molecule is CCc1nc(Cc2ccc(F)cc2)sc1C1CCN(CC2CN(C(C(=O)O)C3CCCCC3)CC2c2ccccc2)CC1. The topological polar surface area (TPSA) is 56.7 Å². The summed E-state index contributed by atoms with van der Waals surface area (Å²) in [6.45, 7) is 7.08. The Balaban J connectivity index is 1.11. The molecule has 7 heteroatoms. The first-order chi connectivity index (χ1) is 21.0. The average Bonchev–Trinajstić information content (AvgIpc) is 3.63. The highest BCUT2D eigenvalue weighted by molar-refractivity contribution is 7.11. The number of nitrogens with zero attached hydrogens (tertiary/aromatic N) is 3. The Morgan fingerprint density at radius 3 is 2.40 bits per heavy atom. The van der Waals surface area contributed by atoms with Crippen LogP contribution in [0.1, 0.15) is 90.4 Å². The lowest BCUT2D eigenvalue weighted by Crippen LogP contribution is -2.46. The number of carboxylic acid groups (broad SMARTS) is 1. The van der Waals surface area contributed by atoms with Crippen LogP contribution in [-0.4, -0.2) is 64.6 Å². The second-order valence-corrected chi connectivity index (χ2v) is 14.2. The van der Waals surface area contributed by atoms with E-state index >= 15 is 0 Å². The minimum atomic E-state index is -0.629. The predicted octanol–water partition coefficient (Wildman–Crippen LogP) is 7.36. The Morgan fingerprint density at radius 2 is 1.72 bits per heavy atom. The summed E-state index contributed by atoms with van der Waals surface area (Å²) < 4.78 is 13.4. The van der Waals surface area contributed by atoms with Crippen molar-refractivity contribution in [2.45, 2.75) is 82.6 Å². The summed E-state index contributed by atoms with van der Waals surface area (Å²) in [4.78, 5) is 24.0. The fourth-order valence-electron chi connectivity index (χ4n) is 8.05. The molecule has 3 atom stereocenters. The molecule has 2 saturated heterocycles. The van der Waals surface area contributed by atoms with Crippen molar-refractivity contribution in [1.29, 1.82) is 0 Å². The van der Waals surface area contributed by atoms with Gasteiger partial charge in [-0.3, -0.25) is 9.69 Å². The van der Waals surface area contributed by atoms with Gasteiger partial charge < -0.3 is 10.0 Å². The molecule has 3 unspecified atom stereocenters. The van der Waals surface area contributed by atoms with E-state index in [0.717, 1.165) is 94.7 Å². The summed E-state index contributed by atoms with van der Waals surface area (Å²) in [7, 11) is 0. The van der Waals surface area contributed by atoms with E-state index in [-0.39, 0.29) is 17.8 Å². The summed E-state index contributed by atoms with van der Waals surface area (Å²) in [6, 6.07) is 17.2. The van der Waals surface area contributed by atoms with Crippen LogP contribution < -0.4 is 0 Å². The number of carboxylic acids is 1. The third kappa shape index (κ3) is 7.21. The van der Waals surface area contributed by atoms with E-state index < -0.39 is 5.97 Å². The van der Waals surface area contributed by atoms with Gasteiger partial charge in [-0.25, -0.2) is 9.37 Å². The highest BCUT2D eigenvalue weighted by atomic mass is 32.1. The fraction of sp³-hybridized carbons (Fsp3) is 0.556. The summed E-state index contributed by atoms with van der Waals surface area (Å²) in [6.07, 6.45) is 9.63. The number of piperidine rings is 1. The zero-order valence-electron chi connectivity index (χ0n) is 25.5. The number of benzene rings is 2. The molecular formula is C36H46FN3O2S. The van der Waals surface area contributed by atoms with Crippen LogP contribution in [0.2, 0.25) is 0 Å². The molecular weight excluding hydrogens is 557 g/mol. The minimum Gasteiger partial charge on any atom is -0.480 e. The second-order valence-electron chi connectivity index (χ2n) is 13.1. The van der Waals surface area contributed by atoms with Gasteiger partial charge in [0.1, 0.15) is 11.9 Å². The number of aliphatic carboxylic acids is 1. The fourth-order valence-corrected chi connectivity index (χ4v) is 9.41. The lowest BCUT2D eigenvalue weighted by atomic mass is 9.83. The molecule has 0 spiro atoms. The number of hydrogen-bond acceptors (Lipinski definition) is 5. The molecule has 230 valence electrons. The third-order valence-electron chi connectivity index (χ3n) is 10.3. The van der Waals surface area contributed by atoms with Gasteiger partial charge in [0.25, 0.3) is 0 Å².